The number of carbonyl (C=O) groups excluding carboxylic acids is 1. The highest BCUT2D eigenvalue weighted by Crippen LogP contribution is 2.29. The first-order valence-electron chi connectivity index (χ1n) is 9.03. The number of ether oxygens (including phenoxy) is 2. The molecule has 2 aromatic rings. The summed E-state index contributed by atoms with van der Waals surface area (Å²) in [6, 6.07) is 9.21. The molecule has 1 aromatic carbocycles. The third-order valence-corrected chi connectivity index (χ3v) is 4.39. The predicted molar refractivity (Wildman–Crippen MR) is 101 cm³/mol. The fourth-order valence-corrected chi connectivity index (χ4v) is 3.00. The molecule has 1 aromatic heterocycles. The van der Waals surface area contributed by atoms with Crippen molar-refractivity contribution in [2.75, 3.05) is 24.6 Å². The molecule has 0 bridgehead atoms. The van der Waals surface area contributed by atoms with Gasteiger partial charge in [-0.05, 0) is 31.5 Å². The largest absolute Gasteiger partial charge is 0.487 e. The van der Waals surface area contributed by atoms with Crippen molar-refractivity contribution < 1.29 is 18.7 Å². The molecule has 1 fully saturated rings. The molecule has 2 heterocycles. The van der Waals surface area contributed by atoms with Crippen LogP contribution in [0.15, 0.2) is 36.5 Å². The van der Waals surface area contributed by atoms with Crippen LogP contribution in [0.4, 0.5) is 10.1 Å². The van der Waals surface area contributed by atoms with E-state index >= 15 is 0 Å². The van der Waals surface area contributed by atoms with E-state index in [0.29, 0.717) is 31.3 Å². The van der Waals surface area contributed by atoms with Crippen LogP contribution in [0.1, 0.15) is 32.4 Å². The first kappa shape index (κ1) is 18.9. The number of amides is 1. The van der Waals surface area contributed by atoms with Gasteiger partial charge in [0.25, 0.3) is 0 Å². The molecule has 144 valence electrons. The highest BCUT2D eigenvalue weighted by atomic mass is 19.1. The fraction of sp³-hybridized carbons (Fsp3) is 0.400. The average Bonchev–Trinajstić information content (AvgIpc) is 2.60. The molecule has 27 heavy (non-hydrogen) atoms. The Labute approximate surface area is 158 Å². The zero-order valence-corrected chi connectivity index (χ0v) is 15.7. The molecule has 0 spiro atoms. The number of halogens is 1. The summed E-state index contributed by atoms with van der Waals surface area (Å²) in [5, 5.41) is 2.85. The molecular weight excluding hydrogens is 349 g/mol. The van der Waals surface area contributed by atoms with Gasteiger partial charge < -0.3 is 19.7 Å². The van der Waals surface area contributed by atoms with Gasteiger partial charge >= 0.3 is 0 Å². The van der Waals surface area contributed by atoms with Gasteiger partial charge in [-0.25, -0.2) is 9.37 Å². The molecule has 0 radical (unpaired) electrons. The summed E-state index contributed by atoms with van der Waals surface area (Å²) in [5.41, 5.74) is 1.49. The van der Waals surface area contributed by atoms with Crippen molar-refractivity contribution in [1.29, 1.82) is 0 Å². The van der Waals surface area contributed by atoms with Crippen molar-refractivity contribution in [3.63, 3.8) is 0 Å². The van der Waals surface area contributed by atoms with Crippen LogP contribution in [0.5, 0.6) is 11.6 Å². The van der Waals surface area contributed by atoms with Gasteiger partial charge in [0, 0.05) is 13.0 Å². The number of aromatic nitrogens is 1. The Morgan fingerprint density at radius 2 is 2.07 bits per heavy atom. The van der Waals surface area contributed by atoms with E-state index < -0.39 is 0 Å². The van der Waals surface area contributed by atoms with Crippen molar-refractivity contribution >= 4 is 11.6 Å². The quantitative estimate of drug-likeness (QED) is 0.808. The van der Waals surface area contributed by atoms with Gasteiger partial charge in [0.05, 0.1) is 37.6 Å². The van der Waals surface area contributed by atoms with Gasteiger partial charge in [0.2, 0.25) is 11.8 Å². The maximum Gasteiger partial charge on any atom is 0.217 e. The van der Waals surface area contributed by atoms with Crippen LogP contribution in [-0.2, 0) is 4.79 Å². The normalized spacial score (nSPS) is 15.0. The van der Waals surface area contributed by atoms with Crippen LogP contribution < -0.4 is 19.7 Å². The molecule has 0 unspecified atom stereocenters. The minimum absolute atomic E-state index is 0.00766. The highest BCUT2D eigenvalue weighted by Gasteiger charge is 2.31. The van der Waals surface area contributed by atoms with E-state index in [-0.39, 0.29) is 23.9 Å². The number of hydrogen-bond donors (Lipinski definition) is 1. The van der Waals surface area contributed by atoms with Crippen LogP contribution in [-0.4, -0.2) is 36.7 Å². The first-order chi connectivity index (χ1) is 13.0. The van der Waals surface area contributed by atoms with E-state index in [1.807, 2.05) is 43.0 Å². The Kier molecular flexibility index (Phi) is 5.78. The zero-order chi connectivity index (χ0) is 19.4. The van der Waals surface area contributed by atoms with Crippen LogP contribution in [0.25, 0.3) is 0 Å². The van der Waals surface area contributed by atoms with Gasteiger partial charge in [-0.2, -0.15) is 0 Å². The number of nitrogens with zero attached hydrogens (tertiary/aromatic N) is 2. The van der Waals surface area contributed by atoms with Crippen molar-refractivity contribution in [3.8, 4) is 11.6 Å². The number of carbonyl (C=O) groups is 1. The van der Waals surface area contributed by atoms with E-state index in [1.54, 1.807) is 6.07 Å². The maximum atomic E-state index is 14.0. The van der Waals surface area contributed by atoms with Crippen LogP contribution in [0.3, 0.4) is 0 Å². The summed E-state index contributed by atoms with van der Waals surface area (Å²) >= 11 is 0. The third kappa shape index (κ3) is 4.67. The monoisotopic (exact) mass is 373 g/mol. The van der Waals surface area contributed by atoms with Gasteiger partial charge in [-0.1, -0.05) is 12.1 Å². The lowest BCUT2D eigenvalue weighted by Crippen LogP contribution is -2.54. The van der Waals surface area contributed by atoms with Gasteiger partial charge in [0.15, 0.2) is 5.82 Å². The minimum Gasteiger partial charge on any atom is -0.487 e. The third-order valence-electron chi connectivity index (χ3n) is 4.39. The fourth-order valence-electron chi connectivity index (χ4n) is 3.00. The second kappa shape index (κ2) is 8.24. The highest BCUT2D eigenvalue weighted by molar-refractivity contribution is 5.73. The van der Waals surface area contributed by atoms with E-state index in [0.717, 1.165) is 11.3 Å². The van der Waals surface area contributed by atoms with E-state index in [2.05, 4.69) is 10.3 Å². The van der Waals surface area contributed by atoms with Crippen molar-refractivity contribution in [1.82, 2.24) is 10.3 Å². The summed E-state index contributed by atoms with van der Waals surface area (Å²) in [4.78, 5) is 17.0. The van der Waals surface area contributed by atoms with E-state index in [9.17, 15) is 9.18 Å². The summed E-state index contributed by atoms with van der Waals surface area (Å²) < 4.78 is 25.3. The Hall–Kier alpha value is -2.83. The number of anilines is 1. The first-order valence-corrected chi connectivity index (χ1v) is 9.03. The molecule has 1 atom stereocenters. The second-order valence-corrected chi connectivity index (χ2v) is 6.54. The summed E-state index contributed by atoms with van der Waals surface area (Å²) in [6.07, 6.45) is 1.18. The van der Waals surface area contributed by atoms with Gasteiger partial charge in [-0.15, -0.1) is 0 Å². The van der Waals surface area contributed by atoms with Crippen LogP contribution in [0, 0.1) is 5.82 Å². The molecular formula is C20H24FN3O3. The topological polar surface area (TPSA) is 63.7 Å². The number of nitrogens with one attached hydrogen (secondary N) is 1. The molecule has 0 saturated carbocycles. The molecule has 6 nitrogen and oxygen atoms in total. The predicted octanol–water partition coefficient (Wildman–Crippen LogP) is 3.08. The lowest BCUT2D eigenvalue weighted by atomic mass is 10.1. The Balaban J connectivity index is 1.55. The summed E-state index contributed by atoms with van der Waals surface area (Å²) in [5.74, 6) is 0.743. The van der Waals surface area contributed by atoms with Crippen LogP contribution >= 0.6 is 0 Å². The molecule has 1 amide bonds. The SMILES string of the molecule is CCOc1cc(N2CC(Oc3ccc([C@H](C)NC(C)=O)cc3)C2)c(F)cn1. The molecule has 3 rings (SSSR count). The lowest BCUT2D eigenvalue weighted by molar-refractivity contribution is -0.119. The summed E-state index contributed by atoms with van der Waals surface area (Å²) in [7, 11) is 0. The standard InChI is InChI=1S/C20H24FN3O3/c1-4-26-20-9-19(18(21)10-22-20)24-11-17(12-24)27-16-7-5-15(6-8-16)13(2)23-14(3)25/h5-10,13,17H,4,11-12H2,1-3H3,(H,23,25)/t13-/m0/s1. The van der Waals surface area contributed by atoms with Crippen LogP contribution in [0.2, 0.25) is 0 Å². The van der Waals surface area contributed by atoms with Gasteiger partial charge in [0.1, 0.15) is 11.9 Å². The van der Waals surface area contributed by atoms with Gasteiger partial charge in [-0.3, -0.25) is 4.79 Å². The minimum atomic E-state index is -0.367. The van der Waals surface area contributed by atoms with Crippen molar-refractivity contribution in [2.45, 2.75) is 32.9 Å². The number of hydrogen-bond acceptors (Lipinski definition) is 5. The molecule has 1 saturated heterocycles. The summed E-state index contributed by atoms with van der Waals surface area (Å²) in [6.45, 7) is 6.97. The van der Waals surface area contributed by atoms with Crippen molar-refractivity contribution in [2.24, 2.45) is 0 Å². The Morgan fingerprint density at radius 3 is 2.70 bits per heavy atom. The number of pyridine rings is 1. The average molecular weight is 373 g/mol. The zero-order valence-electron chi connectivity index (χ0n) is 15.7. The molecule has 1 aliphatic rings. The smallest absolute Gasteiger partial charge is 0.217 e. The number of benzene rings is 1. The lowest BCUT2D eigenvalue weighted by Gasteiger charge is -2.40. The second-order valence-electron chi connectivity index (χ2n) is 6.54. The maximum absolute atomic E-state index is 14.0. The van der Waals surface area contributed by atoms with Crippen molar-refractivity contribution in [3.05, 3.63) is 47.9 Å². The molecule has 0 aliphatic carbocycles. The Bertz CT molecular complexity index is 792. The molecule has 7 heteroatoms. The van der Waals surface area contributed by atoms with E-state index in [4.69, 9.17) is 9.47 Å². The number of rotatable bonds is 7. The molecule has 1 aliphatic heterocycles. The molecule has 1 N–H and O–H groups in total. The Morgan fingerprint density at radius 1 is 1.37 bits per heavy atom. The van der Waals surface area contributed by atoms with E-state index in [1.165, 1.54) is 13.1 Å².